The average molecular weight is 345 g/mol. The van der Waals surface area contributed by atoms with Gasteiger partial charge in [-0.1, -0.05) is 57.2 Å². The number of unbranched alkanes of at least 4 members (excludes halogenated alkanes) is 1. The van der Waals surface area contributed by atoms with E-state index in [4.69, 9.17) is 4.43 Å². The molecule has 0 aliphatic rings. The van der Waals surface area contributed by atoms with Gasteiger partial charge in [-0.2, -0.15) is 0 Å². The van der Waals surface area contributed by atoms with Crippen LogP contribution >= 0.6 is 0 Å². The third-order valence-corrected chi connectivity index (χ3v) is 9.84. The van der Waals surface area contributed by atoms with Gasteiger partial charge in [0.15, 0.2) is 8.32 Å². The number of benzene rings is 2. The number of aliphatic hydroxyl groups excluding tert-OH is 1. The molecule has 132 valence electrons. The summed E-state index contributed by atoms with van der Waals surface area (Å²) in [5.74, 6) is 0. The van der Waals surface area contributed by atoms with E-state index in [0.29, 0.717) is 0 Å². The zero-order valence-corrected chi connectivity index (χ0v) is 16.8. The average Bonchev–Trinajstić information content (AvgIpc) is 2.52. The van der Waals surface area contributed by atoms with Crippen molar-refractivity contribution in [1.29, 1.82) is 0 Å². The van der Waals surface area contributed by atoms with E-state index in [0.717, 1.165) is 31.4 Å². The molecule has 0 saturated heterocycles. The lowest BCUT2D eigenvalue weighted by Gasteiger charge is -2.36. The summed E-state index contributed by atoms with van der Waals surface area (Å²) in [7, 11) is -1.64. The van der Waals surface area contributed by atoms with Crippen LogP contribution in [0.3, 0.4) is 0 Å². The molecule has 24 heavy (non-hydrogen) atoms. The third kappa shape index (κ3) is 4.92. The monoisotopic (exact) mass is 344 g/mol. The smallest absolute Gasteiger partial charge is 0.191 e. The molecule has 0 aliphatic heterocycles. The maximum Gasteiger partial charge on any atom is 0.191 e. The minimum absolute atomic E-state index is 0.262. The molecular formula is C21H32O2Si. The first-order chi connectivity index (χ1) is 11.2. The van der Waals surface area contributed by atoms with Crippen LogP contribution in [0.2, 0.25) is 18.1 Å². The van der Waals surface area contributed by atoms with Gasteiger partial charge in [-0.25, -0.2) is 0 Å². The van der Waals surface area contributed by atoms with E-state index < -0.39 is 8.32 Å². The van der Waals surface area contributed by atoms with Gasteiger partial charge in [0.25, 0.3) is 0 Å². The topological polar surface area (TPSA) is 29.5 Å². The highest BCUT2D eigenvalue weighted by Crippen LogP contribution is 2.36. The Bertz CT molecular complexity index is 658. The van der Waals surface area contributed by atoms with Crippen molar-refractivity contribution in [3.05, 3.63) is 48.0 Å². The maximum absolute atomic E-state index is 10.4. The lowest BCUT2D eigenvalue weighted by molar-refractivity contribution is 0.160. The zero-order valence-electron chi connectivity index (χ0n) is 15.8. The Hall–Kier alpha value is -1.16. The van der Waals surface area contributed by atoms with Gasteiger partial charge >= 0.3 is 0 Å². The first-order valence-electron chi connectivity index (χ1n) is 9.01. The van der Waals surface area contributed by atoms with Gasteiger partial charge in [-0.3, -0.25) is 0 Å². The van der Waals surface area contributed by atoms with Crippen molar-refractivity contribution in [2.45, 2.75) is 64.3 Å². The number of hydrogen-bond acceptors (Lipinski definition) is 2. The quantitative estimate of drug-likeness (QED) is 0.488. The van der Waals surface area contributed by atoms with E-state index in [2.05, 4.69) is 58.1 Å². The molecule has 0 aliphatic carbocycles. The van der Waals surface area contributed by atoms with E-state index in [1.807, 2.05) is 18.2 Å². The van der Waals surface area contributed by atoms with E-state index in [-0.39, 0.29) is 11.1 Å². The fourth-order valence-corrected chi connectivity index (χ4v) is 3.65. The highest BCUT2D eigenvalue weighted by molar-refractivity contribution is 6.74. The number of rotatable bonds is 7. The number of fused-ring (bicyclic) bond motifs is 1. The van der Waals surface area contributed by atoms with Crippen molar-refractivity contribution in [1.82, 2.24) is 0 Å². The summed E-state index contributed by atoms with van der Waals surface area (Å²) in [6.07, 6.45) is 2.40. The molecule has 0 bridgehead atoms. The molecule has 1 atom stereocenters. The second kappa shape index (κ2) is 7.81. The van der Waals surface area contributed by atoms with Gasteiger partial charge in [0, 0.05) is 6.61 Å². The van der Waals surface area contributed by atoms with Crippen LogP contribution in [0.15, 0.2) is 42.5 Å². The number of aliphatic hydroxyl groups is 1. The molecule has 0 spiro atoms. The molecule has 0 heterocycles. The summed E-state index contributed by atoms with van der Waals surface area (Å²) in [6, 6.07) is 14.5. The summed E-state index contributed by atoms with van der Waals surface area (Å²) < 4.78 is 6.20. The van der Waals surface area contributed by atoms with Crippen LogP contribution in [0.25, 0.3) is 10.8 Å². The summed E-state index contributed by atoms with van der Waals surface area (Å²) in [5.41, 5.74) is 1.01. The SMILES string of the molecule is CC(C)(C)[Si](C)(C)OCCCCC(O)c1ccc2ccccc2c1. The Balaban J connectivity index is 1.79. The molecular weight excluding hydrogens is 312 g/mol. The van der Waals surface area contributed by atoms with Crippen LogP contribution < -0.4 is 0 Å². The van der Waals surface area contributed by atoms with E-state index in [1.165, 1.54) is 10.8 Å². The predicted octanol–water partition coefficient (Wildman–Crippen LogP) is 6.07. The molecule has 3 heteroatoms. The van der Waals surface area contributed by atoms with Crippen LogP contribution in [0, 0.1) is 0 Å². The van der Waals surface area contributed by atoms with Crippen LogP contribution in [0.5, 0.6) is 0 Å². The summed E-state index contributed by atoms with van der Waals surface area (Å²) >= 11 is 0. The van der Waals surface area contributed by atoms with Gasteiger partial charge in [0.05, 0.1) is 6.10 Å². The fourth-order valence-electron chi connectivity index (χ4n) is 2.57. The minimum Gasteiger partial charge on any atom is -0.417 e. The molecule has 2 aromatic rings. The Morgan fingerprint density at radius 2 is 1.67 bits per heavy atom. The molecule has 1 unspecified atom stereocenters. The third-order valence-electron chi connectivity index (χ3n) is 5.30. The second-order valence-corrected chi connectivity index (χ2v) is 13.0. The minimum atomic E-state index is -1.64. The summed E-state index contributed by atoms with van der Waals surface area (Å²) in [4.78, 5) is 0. The Morgan fingerprint density at radius 3 is 2.33 bits per heavy atom. The van der Waals surface area contributed by atoms with Crippen molar-refractivity contribution in [2.24, 2.45) is 0 Å². The molecule has 1 N–H and O–H groups in total. The van der Waals surface area contributed by atoms with Crippen molar-refractivity contribution in [3.63, 3.8) is 0 Å². The van der Waals surface area contributed by atoms with Crippen molar-refractivity contribution >= 4 is 19.1 Å². The Kier molecular flexibility index (Phi) is 6.24. The van der Waals surface area contributed by atoms with Crippen LogP contribution in [0.1, 0.15) is 51.7 Å². The molecule has 2 rings (SSSR count). The lowest BCUT2D eigenvalue weighted by Crippen LogP contribution is -2.40. The molecule has 0 aromatic heterocycles. The zero-order chi connectivity index (χ0) is 17.8. The van der Waals surface area contributed by atoms with Gasteiger partial charge in [0.1, 0.15) is 0 Å². The first kappa shape index (κ1) is 19.2. The second-order valence-electron chi connectivity index (χ2n) is 8.23. The largest absolute Gasteiger partial charge is 0.417 e. The molecule has 2 nitrogen and oxygen atoms in total. The lowest BCUT2D eigenvalue weighted by atomic mass is 10.0. The fraction of sp³-hybridized carbons (Fsp3) is 0.524. The van der Waals surface area contributed by atoms with E-state index in [1.54, 1.807) is 0 Å². The van der Waals surface area contributed by atoms with Crippen LogP contribution in [-0.4, -0.2) is 20.0 Å². The molecule has 0 amide bonds. The van der Waals surface area contributed by atoms with Crippen LogP contribution in [-0.2, 0) is 4.43 Å². The van der Waals surface area contributed by atoms with Crippen molar-refractivity contribution < 1.29 is 9.53 Å². The first-order valence-corrected chi connectivity index (χ1v) is 11.9. The highest BCUT2D eigenvalue weighted by atomic mass is 28.4. The predicted molar refractivity (Wildman–Crippen MR) is 106 cm³/mol. The molecule has 2 aromatic carbocycles. The van der Waals surface area contributed by atoms with Crippen molar-refractivity contribution in [2.75, 3.05) is 6.61 Å². The molecule has 0 fully saturated rings. The van der Waals surface area contributed by atoms with E-state index >= 15 is 0 Å². The highest BCUT2D eigenvalue weighted by Gasteiger charge is 2.36. The molecule has 0 radical (unpaired) electrons. The van der Waals surface area contributed by atoms with Crippen molar-refractivity contribution in [3.8, 4) is 0 Å². The van der Waals surface area contributed by atoms with Gasteiger partial charge in [-0.15, -0.1) is 0 Å². The van der Waals surface area contributed by atoms with Gasteiger partial charge in [0.2, 0.25) is 0 Å². The number of hydrogen-bond donors (Lipinski definition) is 1. The molecule has 0 saturated carbocycles. The Morgan fingerprint density at radius 1 is 1.00 bits per heavy atom. The summed E-state index contributed by atoms with van der Waals surface area (Å²) in [5, 5.41) is 13.1. The Labute approximate surface area is 148 Å². The maximum atomic E-state index is 10.4. The standard InChI is InChI=1S/C21H32O2Si/c1-21(2,3)24(4,5)23-15-9-8-12-20(22)19-14-13-17-10-6-7-11-18(17)16-19/h6-7,10-11,13-14,16,20,22H,8-9,12,15H2,1-5H3. The van der Waals surface area contributed by atoms with E-state index in [9.17, 15) is 5.11 Å². The van der Waals surface area contributed by atoms with Crippen LogP contribution in [0.4, 0.5) is 0 Å². The summed E-state index contributed by atoms with van der Waals surface area (Å²) in [6.45, 7) is 12.2. The van der Waals surface area contributed by atoms with Gasteiger partial charge < -0.3 is 9.53 Å². The van der Waals surface area contributed by atoms with Gasteiger partial charge in [-0.05, 0) is 59.8 Å². The normalized spacial score (nSPS) is 14.1.